The zero-order chi connectivity index (χ0) is 22.3. The quantitative estimate of drug-likeness (QED) is 0.680. The van der Waals surface area contributed by atoms with Crippen LogP contribution in [0.5, 0.6) is 0 Å². The van der Waals surface area contributed by atoms with Crippen molar-refractivity contribution in [2.45, 2.75) is 45.9 Å². The first-order valence-corrected chi connectivity index (χ1v) is 9.96. The van der Waals surface area contributed by atoms with Crippen molar-refractivity contribution in [1.29, 1.82) is 0 Å². The molecule has 1 aliphatic rings. The third kappa shape index (κ3) is 6.35. The number of urea groups is 1. The van der Waals surface area contributed by atoms with Crippen LogP contribution in [0, 0.1) is 5.92 Å². The van der Waals surface area contributed by atoms with E-state index in [4.69, 9.17) is 14.3 Å². The predicted molar refractivity (Wildman–Crippen MR) is 109 cm³/mol. The Labute approximate surface area is 177 Å². The average Bonchev–Trinajstić information content (AvgIpc) is 2.70. The number of amides is 3. The zero-order valence-corrected chi connectivity index (χ0v) is 18.2. The first kappa shape index (κ1) is 23.5. The molecule has 1 fully saturated rings. The van der Waals surface area contributed by atoms with Crippen molar-refractivity contribution in [3.8, 4) is 0 Å². The molecule has 1 N–H and O–H groups in total. The van der Waals surface area contributed by atoms with Crippen LogP contribution in [-0.4, -0.2) is 66.4 Å². The SMILES string of the molecule is CCN1C(=O)N(OCc2ccccc2)C[C@@H](CNC(=O)OC(C)(C)C)[C@H]1C(=O)OC. The van der Waals surface area contributed by atoms with E-state index in [1.54, 1.807) is 27.7 Å². The van der Waals surface area contributed by atoms with E-state index in [9.17, 15) is 14.4 Å². The highest BCUT2D eigenvalue weighted by molar-refractivity contribution is 5.85. The summed E-state index contributed by atoms with van der Waals surface area (Å²) in [5.41, 5.74) is 0.265. The molecule has 166 valence electrons. The van der Waals surface area contributed by atoms with E-state index < -0.39 is 35.7 Å². The Hall–Kier alpha value is -2.81. The fourth-order valence-corrected chi connectivity index (χ4v) is 3.22. The van der Waals surface area contributed by atoms with Gasteiger partial charge in [-0.1, -0.05) is 30.3 Å². The molecule has 0 bridgehead atoms. The third-order valence-electron chi connectivity index (χ3n) is 4.56. The minimum Gasteiger partial charge on any atom is -0.467 e. The lowest BCUT2D eigenvalue weighted by molar-refractivity contribution is -0.175. The Kier molecular flexibility index (Phi) is 8.05. The van der Waals surface area contributed by atoms with Crippen molar-refractivity contribution in [1.82, 2.24) is 15.3 Å². The van der Waals surface area contributed by atoms with Crippen LogP contribution in [-0.2, 0) is 25.7 Å². The molecule has 2 rings (SSSR count). The van der Waals surface area contributed by atoms with Gasteiger partial charge in [-0.05, 0) is 33.3 Å². The Morgan fingerprint density at radius 1 is 1.20 bits per heavy atom. The van der Waals surface area contributed by atoms with Gasteiger partial charge in [-0.25, -0.2) is 19.4 Å². The highest BCUT2D eigenvalue weighted by Gasteiger charge is 2.45. The number of ether oxygens (including phenoxy) is 2. The van der Waals surface area contributed by atoms with Crippen molar-refractivity contribution in [3.05, 3.63) is 35.9 Å². The van der Waals surface area contributed by atoms with Gasteiger partial charge in [-0.2, -0.15) is 0 Å². The van der Waals surface area contributed by atoms with Crippen molar-refractivity contribution in [2.75, 3.05) is 26.7 Å². The summed E-state index contributed by atoms with van der Waals surface area (Å²) in [5.74, 6) is -0.984. The van der Waals surface area contributed by atoms with Crippen molar-refractivity contribution in [3.63, 3.8) is 0 Å². The summed E-state index contributed by atoms with van der Waals surface area (Å²) in [6.07, 6.45) is -0.595. The van der Waals surface area contributed by atoms with Crippen molar-refractivity contribution in [2.24, 2.45) is 5.92 Å². The number of rotatable bonds is 7. The molecule has 1 saturated heterocycles. The Morgan fingerprint density at radius 2 is 1.87 bits per heavy atom. The molecule has 0 aliphatic carbocycles. The number of hydroxylamine groups is 2. The maximum absolute atomic E-state index is 12.9. The number of likely N-dealkylation sites (N-methyl/N-ethyl adjacent to an activating group) is 1. The maximum Gasteiger partial charge on any atom is 0.407 e. The summed E-state index contributed by atoms with van der Waals surface area (Å²) in [7, 11) is 1.28. The largest absolute Gasteiger partial charge is 0.467 e. The van der Waals surface area contributed by atoms with Gasteiger partial charge in [-0.15, -0.1) is 0 Å². The number of hydrogen-bond donors (Lipinski definition) is 1. The molecule has 30 heavy (non-hydrogen) atoms. The molecule has 9 heteroatoms. The Balaban J connectivity index is 2.13. The second-order valence-electron chi connectivity index (χ2n) is 8.00. The first-order valence-electron chi connectivity index (χ1n) is 9.96. The van der Waals surface area contributed by atoms with Gasteiger partial charge >= 0.3 is 18.1 Å². The molecule has 1 aromatic carbocycles. The second kappa shape index (κ2) is 10.3. The molecule has 0 aromatic heterocycles. The number of methoxy groups -OCH3 is 1. The molecule has 1 heterocycles. The van der Waals surface area contributed by atoms with E-state index >= 15 is 0 Å². The second-order valence-corrected chi connectivity index (χ2v) is 8.00. The number of alkyl carbamates (subject to hydrolysis) is 1. The lowest BCUT2D eigenvalue weighted by atomic mass is 9.95. The smallest absolute Gasteiger partial charge is 0.407 e. The maximum atomic E-state index is 12.9. The lowest BCUT2D eigenvalue weighted by Gasteiger charge is -2.43. The fraction of sp³-hybridized carbons (Fsp3) is 0.571. The summed E-state index contributed by atoms with van der Waals surface area (Å²) in [6.45, 7) is 7.80. The summed E-state index contributed by atoms with van der Waals surface area (Å²) in [5, 5.41) is 3.92. The van der Waals surface area contributed by atoms with Gasteiger partial charge < -0.3 is 19.7 Å². The van der Waals surface area contributed by atoms with Gasteiger partial charge in [0.15, 0.2) is 0 Å². The van der Waals surface area contributed by atoms with Crippen LogP contribution in [0.1, 0.15) is 33.3 Å². The summed E-state index contributed by atoms with van der Waals surface area (Å²) >= 11 is 0. The summed E-state index contributed by atoms with van der Waals surface area (Å²) < 4.78 is 10.2. The lowest BCUT2D eigenvalue weighted by Crippen LogP contribution is -2.63. The van der Waals surface area contributed by atoms with E-state index in [-0.39, 0.29) is 26.2 Å². The number of nitrogens with one attached hydrogen (secondary N) is 1. The average molecular weight is 421 g/mol. The highest BCUT2D eigenvalue weighted by atomic mass is 16.7. The third-order valence-corrected chi connectivity index (χ3v) is 4.56. The molecule has 0 saturated carbocycles. The minimum atomic E-state index is -0.834. The Morgan fingerprint density at radius 3 is 2.43 bits per heavy atom. The number of carbonyl (C=O) groups excluding carboxylic acids is 3. The van der Waals surface area contributed by atoms with Crippen LogP contribution in [0.2, 0.25) is 0 Å². The van der Waals surface area contributed by atoms with Crippen molar-refractivity contribution < 1.29 is 28.7 Å². The van der Waals surface area contributed by atoms with Crippen LogP contribution in [0.4, 0.5) is 9.59 Å². The standard InChI is InChI=1S/C21H31N3O6/c1-6-23-17(18(25)28-5)16(12-22-19(26)30-21(2,3)4)13-24(20(23)27)29-14-15-10-8-7-9-11-15/h7-11,16-17H,6,12-14H2,1-5H3,(H,22,26)/t16-,17+/m1/s1. The number of benzene rings is 1. The molecule has 1 aromatic rings. The molecular weight excluding hydrogens is 390 g/mol. The molecule has 0 unspecified atom stereocenters. The van der Waals surface area contributed by atoms with E-state index in [0.29, 0.717) is 0 Å². The van der Waals surface area contributed by atoms with Crippen LogP contribution in [0.25, 0.3) is 0 Å². The summed E-state index contributed by atoms with van der Waals surface area (Å²) in [6, 6.07) is 8.20. The highest BCUT2D eigenvalue weighted by Crippen LogP contribution is 2.24. The molecule has 0 spiro atoms. The minimum absolute atomic E-state index is 0.115. The van der Waals surface area contributed by atoms with Crippen LogP contribution in [0.15, 0.2) is 30.3 Å². The molecule has 2 atom stereocenters. The van der Waals surface area contributed by atoms with Gasteiger partial charge in [-0.3, -0.25) is 4.84 Å². The fourth-order valence-electron chi connectivity index (χ4n) is 3.22. The van der Waals surface area contributed by atoms with E-state index in [1.165, 1.54) is 17.1 Å². The first-order chi connectivity index (χ1) is 14.2. The monoisotopic (exact) mass is 421 g/mol. The molecule has 1 aliphatic heterocycles. The van der Waals surface area contributed by atoms with Gasteiger partial charge in [0, 0.05) is 19.0 Å². The number of nitrogens with zero attached hydrogens (tertiary/aromatic N) is 2. The van der Waals surface area contributed by atoms with Gasteiger partial charge in [0.05, 0.1) is 13.7 Å². The van der Waals surface area contributed by atoms with Crippen molar-refractivity contribution >= 4 is 18.1 Å². The van der Waals surface area contributed by atoms with E-state index in [1.807, 2.05) is 30.3 Å². The normalized spacial score (nSPS) is 19.4. The van der Waals surface area contributed by atoms with E-state index in [2.05, 4.69) is 5.32 Å². The zero-order valence-electron chi connectivity index (χ0n) is 18.2. The molecule has 3 amide bonds. The van der Waals surface area contributed by atoms with Crippen LogP contribution < -0.4 is 5.32 Å². The topological polar surface area (TPSA) is 97.4 Å². The number of esters is 1. The van der Waals surface area contributed by atoms with Gasteiger partial charge in [0.25, 0.3) is 0 Å². The number of hydrogen-bond acceptors (Lipinski definition) is 6. The molecular formula is C21H31N3O6. The summed E-state index contributed by atoms with van der Waals surface area (Å²) in [4.78, 5) is 44.5. The predicted octanol–water partition coefficient (Wildman–Crippen LogP) is 2.56. The van der Waals surface area contributed by atoms with E-state index in [0.717, 1.165) is 5.56 Å². The Bertz CT molecular complexity index is 734. The van der Waals surface area contributed by atoms with Crippen LogP contribution >= 0.6 is 0 Å². The molecule has 0 radical (unpaired) electrons. The number of carbonyl (C=O) groups is 3. The van der Waals surface area contributed by atoms with Gasteiger partial charge in [0.1, 0.15) is 18.2 Å². The molecule has 9 nitrogen and oxygen atoms in total. The van der Waals surface area contributed by atoms with Crippen LogP contribution in [0.3, 0.4) is 0 Å². The van der Waals surface area contributed by atoms with Gasteiger partial charge in [0.2, 0.25) is 0 Å².